The van der Waals surface area contributed by atoms with Gasteiger partial charge in [-0.2, -0.15) is 0 Å². The fourth-order valence-corrected chi connectivity index (χ4v) is 3.48. The van der Waals surface area contributed by atoms with Gasteiger partial charge in [0.1, 0.15) is 0 Å². The van der Waals surface area contributed by atoms with Crippen molar-refractivity contribution in [3.05, 3.63) is 16.1 Å². The number of nitrogens with zero attached hydrogens (tertiary/aromatic N) is 2. The lowest BCUT2D eigenvalue weighted by atomic mass is 10.0. The summed E-state index contributed by atoms with van der Waals surface area (Å²) in [5, 5.41) is 3.38. The monoisotopic (exact) mass is 253 g/mol. The van der Waals surface area contributed by atoms with Crippen molar-refractivity contribution < 1.29 is 0 Å². The number of thiazole rings is 1. The molecule has 1 fully saturated rings. The Morgan fingerprint density at radius 2 is 2.41 bits per heavy atom. The molecule has 0 amide bonds. The summed E-state index contributed by atoms with van der Waals surface area (Å²) in [6, 6.07) is 0.745. The molecule has 1 aromatic rings. The highest BCUT2D eigenvalue weighted by Crippen LogP contribution is 2.25. The van der Waals surface area contributed by atoms with E-state index in [1.54, 1.807) is 11.3 Å². The highest BCUT2D eigenvalue weighted by atomic mass is 32.1. The summed E-state index contributed by atoms with van der Waals surface area (Å²) in [7, 11) is 0. The number of nitrogens with two attached hydrogens (primary N) is 1. The van der Waals surface area contributed by atoms with E-state index in [1.807, 2.05) is 0 Å². The van der Waals surface area contributed by atoms with Gasteiger partial charge in [-0.15, -0.1) is 11.3 Å². The minimum atomic E-state index is 0.700. The van der Waals surface area contributed by atoms with Gasteiger partial charge in [-0.05, 0) is 31.8 Å². The topological polar surface area (TPSA) is 42.1 Å². The third-order valence-electron chi connectivity index (χ3n) is 3.51. The second kappa shape index (κ2) is 5.94. The summed E-state index contributed by atoms with van der Waals surface area (Å²) < 4.78 is 0. The molecule has 0 radical (unpaired) electrons. The first kappa shape index (κ1) is 13.0. The first-order valence-corrected chi connectivity index (χ1v) is 7.46. The van der Waals surface area contributed by atoms with Gasteiger partial charge in [0.25, 0.3) is 0 Å². The maximum absolute atomic E-state index is 5.55. The molecule has 2 rings (SSSR count). The predicted molar refractivity (Wildman–Crippen MR) is 73.1 cm³/mol. The number of hydrogen-bond acceptors (Lipinski definition) is 4. The molecule has 1 saturated heterocycles. The van der Waals surface area contributed by atoms with Crippen LogP contribution in [-0.4, -0.2) is 29.0 Å². The number of likely N-dealkylation sites (tertiary alicyclic amines) is 1. The highest BCUT2D eigenvalue weighted by Gasteiger charge is 2.27. The first-order valence-electron chi connectivity index (χ1n) is 6.58. The molecule has 1 unspecified atom stereocenters. The molecule has 0 aliphatic carbocycles. The zero-order valence-corrected chi connectivity index (χ0v) is 11.7. The van der Waals surface area contributed by atoms with E-state index in [4.69, 9.17) is 5.73 Å². The maximum Gasteiger partial charge on any atom is 0.0941 e. The van der Waals surface area contributed by atoms with Gasteiger partial charge in [-0.1, -0.05) is 13.8 Å². The van der Waals surface area contributed by atoms with Crippen LogP contribution < -0.4 is 5.73 Å². The number of rotatable bonds is 5. The molecule has 3 nitrogen and oxygen atoms in total. The summed E-state index contributed by atoms with van der Waals surface area (Å²) >= 11 is 1.75. The summed E-state index contributed by atoms with van der Waals surface area (Å²) in [6.45, 7) is 7.59. The molecule has 1 aliphatic heterocycles. The van der Waals surface area contributed by atoms with Gasteiger partial charge in [0.05, 0.1) is 10.7 Å². The summed E-state index contributed by atoms with van der Waals surface area (Å²) in [4.78, 5) is 7.24. The van der Waals surface area contributed by atoms with Crippen LogP contribution in [-0.2, 0) is 13.0 Å². The summed E-state index contributed by atoms with van der Waals surface area (Å²) in [6.07, 6.45) is 3.60. The largest absolute Gasteiger partial charge is 0.330 e. The lowest BCUT2D eigenvalue weighted by molar-refractivity contribution is 0.197. The van der Waals surface area contributed by atoms with Crippen LogP contribution in [0.15, 0.2) is 5.38 Å². The third-order valence-corrected chi connectivity index (χ3v) is 4.46. The van der Waals surface area contributed by atoms with Crippen LogP contribution in [0.25, 0.3) is 0 Å². The lowest BCUT2D eigenvalue weighted by Crippen LogP contribution is -2.32. The van der Waals surface area contributed by atoms with Crippen LogP contribution in [0.3, 0.4) is 0 Å². The standard InChI is InChI=1S/C13H23N3S/c1-10(2)12-4-3-7-16(12)8-11-9-17-13(15-11)5-6-14/h9-10,12H,3-8,14H2,1-2H3. The average molecular weight is 253 g/mol. The van der Waals surface area contributed by atoms with Crippen molar-refractivity contribution in [2.45, 2.75) is 45.7 Å². The van der Waals surface area contributed by atoms with Crippen molar-refractivity contribution in [1.29, 1.82) is 0 Å². The maximum atomic E-state index is 5.55. The number of aromatic nitrogens is 1. The highest BCUT2D eigenvalue weighted by molar-refractivity contribution is 7.09. The van der Waals surface area contributed by atoms with E-state index in [1.165, 1.54) is 30.1 Å². The summed E-state index contributed by atoms with van der Waals surface area (Å²) in [5.74, 6) is 0.750. The third kappa shape index (κ3) is 3.27. The quantitative estimate of drug-likeness (QED) is 0.875. The zero-order valence-electron chi connectivity index (χ0n) is 10.9. The Bertz CT molecular complexity index is 348. The Kier molecular flexibility index (Phi) is 4.54. The van der Waals surface area contributed by atoms with Crippen LogP contribution in [0.1, 0.15) is 37.4 Å². The van der Waals surface area contributed by atoms with E-state index in [2.05, 4.69) is 29.1 Å². The average Bonchev–Trinajstić information content (AvgIpc) is 2.89. The SMILES string of the molecule is CC(C)C1CCCN1Cc1csc(CCN)n1. The Morgan fingerprint density at radius 1 is 1.59 bits per heavy atom. The molecule has 0 spiro atoms. The molecule has 17 heavy (non-hydrogen) atoms. The fourth-order valence-electron chi connectivity index (χ4n) is 2.67. The van der Waals surface area contributed by atoms with Gasteiger partial charge in [0.2, 0.25) is 0 Å². The molecule has 0 saturated carbocycles. The van der Waals surface area contributed by atoms with Gasteiger partial charge in [-0.25, -0.2) is 4.98 Å². The van der Waals surface area contributed by atoms with Crippen molar-refractivity contribution >= 4 is 11.3 Å². The fraction of sp³-hybridized carbons (Fsp3) is 0.769. The molecule has 1 aromatic heterocycles. The van der Waals surface area contributed by atoms with Gasteiger partial charge in [-0.3, -0.25) is 4.90 Å². The molecule has 2 N–H and O–H groups in total. The van der Waals surface area contributed by atoms with Crippen LogP contribution in [0.4, 0.5) is 0 Å². The van der Waals surface area contributed by atoms with Crippen LogP contribution in [0.5, 0.6) is 0 Å². The Morgan fingerprint density at radius 3 is 3.12 bits per heavy atom. The van der Waals surface area contributed by atoms with Gasteiger partial charge < -0.3 is 5.73 Å². The zero-order chi connectivity index (χ0) is 12.3. The summed E-state index contributed by atoms with van der Waals surface area (Å²) in [5.41, 5.74) is 6.78. The van der Waals surface area contributed by atoms with Gasteiger partial charge >= 0.3 is 0 Å². The molecule has 1 aliphatic rings. The van der Waals surface area contributed by atoms with E-state index in [0.29, 0.717) is 6.54 Å². The lowest BCUT2D eigenvalue weighted by Gasteiger charge is -2.26. The Hall–Kier alpha value is -0.450. The molecule has 0 bridgehead atoms. The Labute approximate surface area is 108 Å². The van der Waals surface area contributed by atoms with Gasteiger partial charge in [0, 0.05) is 24.4 Å². The smallest absolute Gasteiger partial charge is 0.0941 e. The van der Waals surface area contributed by atoms with E-state index in [9.17, 15) is 0 Å². The van der Waals surface area contributed by atoms with E-state index in [0.717, 1.165) is 24.9 Å². The molecule has 1 atom stereocenters. The van der Waals surface area contributed by atoms with Crippen molar-refractivity contribution in [3.8, 4) is 0 Å². The van der Waals surface area contributed by atoms with Crippen molar-refractivity contribution in [2.24, 2.45) is 11.7 Å². The van der Waals surface area contributed by atoms with Crippen LogP contribution >= 0.6 is 11.3 Å². The minimum Gasteiger partial charge on any atom is -0.330 e. The van der Waals surface area contributed by atoms with E-state index in [-0.39, 0.29) is 0 Å². The van der Waals surface area contributed by atoms with Crippen LogP contribution in [0.2, 0.25) is 0 Å². The Balaban J connectivity index is 1.95. The van der Waals surface area contributed by atoms with Crippen LogP contribution in [0, 0.1) is 5.92 Å². The molecular formula is C13H23N3S. The van der Waals surface area contributed by atoms with Crippen molar-refractivity contribution in [3.63, 3.8) is 0 Å². The van der Waals surface area contributed by atoms with Crippen molar-refractivity contribution in [1.82, 2.24) is 9.88 Å². The molecule has 0 aromatic carbocycles. The second-order valence-electron chi connectivity index (χ2n) is 5.20. The predicted octanol–water partition coefficient (Wildman–Crippen LogP) is 2.26. The number of hydrogen-bond donors (Lipinski definition) is 1. The second-order valence-corrected chi connectivity index (χ2v) is 6.14. The minimum absolute atomic E-state index is 0.700. The molecule has 4 heteroatoms. The van der Waals surface area contributed by atoms with E-state index < -0.39 is 0 Å². The molecule has 2 heterocycles. The molecule has 96 valence electrons. The molecular weight excluding hydrogens is 230 g/mol. The normalized spacial score (nSPS) is 21.5. The van der Waals surface area contributed by atoms with Gasteiger partial charge in [0.15, 0.2) is 0 Å². The first-order chi connectivity index (χ1) is 8.20. The van der Waals surface area contributed by atoms with Crippen molar-refractivity contribution in [2.75, 3.05) is 13.1 Å². The van der Waals surface area contributed by atoms with E-state index >= 15 is 0 Å².